The Hall–Kier alpha value is -0.860. The van der Waals surface area contributed by atoms with Gasteiger partial charge in [0.05, 0.1) is 6.10 Å². The minimum atomic E-state index is -1.02. The van der Waals surface area contributed by atoms with E-state index in [1.807, 2.05) is 31.2 Å². The maximum absolute atomic E-state index is 10.5. The minimum absolute atomic E-state index is 0.618. The molecule has 15 heavy (non-hydrogen) atoms. The largest absolute Gasteiger partial charge is 0.390 e. The molecule has 0 aromatic heterocycles. The van der Waals surface area contributed by atoms with Crippen LogP contribution in [0.4, 0.5) is 0 Å². The van der Waals surface area contributed by atoms with Gasteiger partial charge in [-0.2, -0.15) is 0 Å². The fourth-order valence-electron chi connectivity index (χ4n) is 2.51. The molecular weight excluding hydrogens is 188 g/mol. The van der Waals surface area contributed by atoms with Crippen molar-refractivity contribution in [2.45, 2.75) is 44.3 Å². The number of aryl methyl sites for hydroxylation is 1. The van der Waals surface area contributed by atoms with Crippen molar-refractivity contribution in [1.82, 2.24) is 0 Å². The SMILES string of the molecule is Cc1ccccc1C1(O)CCCCC1O. The highest BCUT2D eigenvalue weighted by Crippen LogP contribution is 2.38. The van der Waals surface area contributed by atoms with Crippen LogP contribution in [0.2, 0.25) is 0 Å². The first-order valence-corrected chi connectivity index (χ1v) is 5.61. The van der Waals surface area contributed by atoms with E-state index in [9.17, 15) is 10.2 Å². The standard InChI is InChI=1S/C13H18O2/c1-10-6-2-3-7-11(10)13(15)9-5-4-8-12(13)14/h2-3,6-7,12,14-15H,4-5,8-9H2,1H3. The lowest BCUT2D eigenvalue weighted by Crippen LogP contribution is -2.42. The smallest absolute Gasteiger partial charge is 0.116 e. The summed E-state index contributed by atoms with van der Waals surface area (Å²) < 4.78 is 0. The van der Waals surface area contributed by atoms with Gasteiger partial charge in [0.2, 0.25) is 0 Å². The second-order valence-corrected chi connectivity index (χ2v) is 4.50. The average molecular weight is 206 g/mol. The Morgan fingerprint density at radius 3 is 2.67 bits per heavy atom. The maximum atomic E-state index is 10.5. The van der Waals surface area contributed by atoms with Crippen molar-refractivity contribution in [2.75, 3.05) is 0 Å². The Bertz CT molecular complexity index is 348. The van der Waals surface area contributed by atoms with Gasteiger partial charge in [-0.1, -0.05) is 37.1 Å². The van der Waals surface area contributed by atoms with E-state index in [1.54, 1.807) is 0 Å². The fraction of sp³-hybridized carbons (Fsp3) is 0.538. The quantitative estimate of drug-likeness (QED) is 0.739. The van der Waals surface area contributed by atoms with E-state index in [0.717, 1.165) is 24.0 Å². The molecule has 0 radical (unpaired) electrons. The second-order valence-electron chi connectivity index (χ2n) is 4.50. The van der Waals surface area contributed by atoms with Gasteiger partial charge in [-0.3, -0.25) is 0 Å². The second kappa shape index (κ2) is 3.95. The van der Waals surface area contributed by atoms with Gasteiger partial charge < -0.3 is 10.2 Å². The average Bonchev–Trinajstić information content (AvgIpc) is 2.23. The van der Waals surface area contributed by atoms with Crippen molar-refractivity contribution in [1.29, 1.82) is 0 Å². The van der Waals surface area contributed by atoms with Gasteiger partial charge in [-0.25, -0.2) is 0 Å². The van der Waals surface area contributed by atoms with E-state index in [-0.39, 0.29) is 0 Å². The molecule has 1 aliphatic rings. The summed E-state index contributed by atoms with van der Waals surface area (Å²) in [6, 6.07) is 7.78. The van der Waals surface area contributed by atoms with Crippen molar-refractivity contribution >= 4 is 0 Å². The van der Waals surface area contributed by atoms with Crippen molar-refractivity contribution in [3.63, 3.8) is 0 Å². The summed E-state index contributed by atoms with van der Waals surface area (Å²) in [4.78, 5) is 0. The lowest BCUT2D eigenvalue weighted by molar-refractivity contribution is -0.106. The zero-order valence-electron chi connectivity index (χ0n) is 9.11. The third kappa shape index (κ3) is 1.80. The number of hydrogen-bond acceptors (Lipinski definition) is 2. The van der Waals surface area contributed by atoms with Gasteiger partial charge in [-0.05, 0) is 30.9 Å². The van der Waals surface area contributed by atoms with Gasteiger partial charge >= 0.3 is 0 Å². The molecule has 0 bridgehead atoms. The fourth-order valence-corrected chi connectivity index (χ4v) is 2.51. The molecule has 2 atom stereocenters. The molecule has 1 aromatic rings. The molecule has 2 nitrogen and oxygen atoms in total. The molecule has 1 aliphatic carbocycles. The lowest BCUT2D eigenvalue weighted by atomic mass is 9.76. The zero-order valence-corrected chi connectivity index (χ0v) is 9.11. The summed E-state index contributed by atoms with van der Waals surface area (Å²) in [5, 5.41) is 20.5. The molecule has 2 N–H and O–H groups in total. The van der Waals surface area contributed by atoms with Gasteiger partial charge in [0, 0.05) is 0 Å². The summed E-state index contributed by atoms with van der Waals surface area (Å²) in [5.74, 6) is 0. The van der Waals surface area contributed by atoms with Crippen LogP contribution in [0.5, 0.6) is 0 Å². The molecule has 2 heteroatoms. The molecule has 0 amide bonds. The topological polar surface area (TPSA) is 40.5 Å². The molecule has 0 heterocycles. The van der Waals surface area contributed by atoms with Gasteiger partial charge in [0.15, 0.2) is 0 Å². The Balaban J connectivity index is 2.39. The van der Waals surface area contributed by atoms with Crippen LogP contribution in [0.25, 0.3) is 0 Å². The van der Waals surface area contributed by atoms with Crippen molar-refractivity contribution in [2.24, 2.45) is 0 Å². The first kappa shape index (κ1) is 10.7. The predicted octanol–water partition coefficient (Wildman–Crippen LogP) is 2.12. The van der Waals surface area contributed by atoms with Gasteiger partial charge in [-0.15, -0.1) is 0 Å². The summed E-state index contributed by atoms with van der Waals surface area (Å²) >= 11 is 0. The third-order valence-electron chi connectivity index (χ3n) is 3.45. The van der Waals surface area contributed by atoms with E-state index in [1.165, 1.54) is 0 Å². The Kier molecular flexibility index (Phi) is 2.81. The maximum Gasteiger partial charge on any atom is 0.116 e. The van der Waals surface area contributed by atoms with Crippen LogP contribution in [-0.4, -0.2) is 16.3 Å². The van der Waals surface area contributed by atoms with E-state index >= 15 is 0 Å². The molecule has 1 aromatic carbocycles. The van der Waals surface area contributed by atoms with Gasteiger partial charge in [0.25, 0.3) is 0 Å². The van der Waals surface area contributed by atoms with Crippen LogP contribution in [0.15, 0.2) is 24.3 Å². The monoisotopic (exact) mass is 206 g/mol. The van der Waals surface area contributed by atoms with Crippen LogP contribution in [0.3, 0.4) is 0 Å². The molecule has 0 saturated heterocycles. The predicted molar refractivity (Wildman–Crippen MR) is 59.6 cm³/mol. The van der Waals surface area contributed by atoms with E-state index in [4.69, 9.17) is 0 Å². The highest BCUT2D eigenvalue weighted by atomic mass is 16.3. The number of aliphatic hydroxyl groups excluding tert-OH is 1. The lowest BCUT2D eigenvalue weighted by Gasteiger charge is -2.38. The van der Waals surface area contributed by atoms with Crippen molar-refractivity contribution < 1.29 is 10.2 Å². The number of hydrogen-bond donors (Lipinski definition) is 2. The zero-order chi connectivity index (χ0) is 10.9. The molecule has 1 fully saturated rings. The summed E-state index contributed by atoms with van der Waals surface area (Å²) in [7, 11) is 0. The minimum Gasteiger partial charge on any atom is -0.390 e. The van der Waals surface area contributed by atoms with Gasteiger partial charge in [0.1, 0.15) is 5.60 Å². The van der Waals surface area contributed by atoms with Crippen LogP contribution in [0.1, 0.15) is 36.8 Å². The van der Waals surface area contributed by atoms with Crippen LogP contribution >= 0.6 is 0 Å². The molecular formula is C13H18O2. The summed E-state index contributed by atoms with van der Waals surface area (Å²) in [5.41, 5.74) is 0.919. The summed E-state index contributed by atoms with van der Waals surface area (Å²) in [6.07, 6.45) is 2.74. The summed E-state index contributed by atoms with van der Waals surface area (Å²) in [6.45, 7) is 1.98. The third-order valence-corrected chi connectivity index (χ3v) is 3.45. The molecule has 0 spiro atoms. The Morgan fingerprint density at radius 1 is 1.27 bits per heavy atom. The molecule has 2 rings (SSSR count). The highest BCUT2D eigenvalue weighted by molar-refractivity contribution is 5.32. The van der Waals surface area contributed by atoms with Crippen LogP contribution in [0, 0.1) is 6.92 Å². The van der Waals surface area contributed by atoms with E-state index in [2.05, 4.69) is 0 Å². The van der Waals surface area contributed by atoms with Crippen molar-refractivity contribution in [3.05, 3.63) is 35.4 Å². The Morgan fingerprint density at radius 2 is 2.00 bits per heavy atom. The normalized spacial score (nSPS) is 31.5. The number of benzene rings is 1. The molecule has 0 aliphatic heterocycles. The highest BCUT2D eigenvalue weighted by Gasteiger charge is 2.40. The van der Waals surface area contributed by atoms with Crippen LogP contribution in [-0.2, 0) is 5.60 Å². The molecule has 2 unspecified atom stereocenters. The van der Waals surface area contributed by atoms with E-state index in [0.29, 0.717) is 12.8 Å². The number of rotatable bonds is 1. The molecule has 1 saturated carbocycles. The Labute approximate surface area is 90.6 Å². The number of aliphatic hydroxyl groups is 2. The van der Waals surface area contributed by atoms with Crippen LogP contribution < -0.4 is 0 Å². The van der Waals surface area contributed by atoms with E-state index < -0.39 is 11.7 Å². The molecule has 82 valence electrons. The first-order valence-electron chi connectivity index (χ1n) is 5.61. The van der Waals surface area contributed by atoms with Crippen molar-refractivity contribution in [3.8, 4) is 0 Å². The first-order chi connectivity index (χ1) is 7.14.